The molecule has 0 rings (SSSR count). The summed E-state index contributed by atoms with van der Waals surface area (Å²) in [5, 5.41) is 0.0362. The van der Waals surface area contributed by atoms with Gasteiger partial charge in [-0.1, -0.05) is 20.8 Å². The fourth-order valence-electron chi connectivity index (χ4n) is 0.935. The predicted octanol–water partition coefficient (Wildman–Crippen LogP) is 3.12. The lowest BCUT2D eigenvalue weighted by Gasteiger charge is -2.29. The summed E-state index contributed by atoms with van der Waals surface area (Å²) in [5.41, 5.74) is 0. The first-order valence-electron chi connectivity index (χ1n) is 5.04. The molecule has 0 fully saturated rings. The van der Waals surface area contributed by atoms with Crippen LogP contribution in [0.15, 0.2) is 0 Å². The molecule has 78 valence electrons. The maximum Gasteiger partial charge on any atom is 0.463 e. The van der Waals surface area contributed by atoms with Crippen LogP contribution in [-0.4, -0.2) is 19.3 Å². The van der Waals surface area contributed by atoms with Gasteiger partial charge in [-0.25, -0.2) is 0 Å². The maximum atomic E-state index is 5.70. The topological polar surface area (TPSA) is 18.5 Å². The molecule has 0 N–H and O–H groups in total. The van der Waals surface area contributed by atoms with Crippen LogP contribution in [0.4, 0.5) is 0 Å². The van der Waals surface area contributed by atoms with Crippen molar-refractivity contribution in [2.75, 3.05) is 0 Å². The van der Waals surface area contributed by atoms with Gasteiger partial charge < -0.3 is 9.31 Å². The highest BCUT2D eigenvalue weighted by atomic mass is 16.6. The van der Waals surface area contributed by atoms with Gasteiger partial charge in [-0.2, -0.15) is 0 Å². The zero-order valence-electron chi connectivity index (χ0n) is 10.0. The predicted molar refractivity (Wildman–Crippen MR) is 57.9 cm³/mol. The van der Waals surface area contributed by atoms with Gasteiger partial charge in [0.15, 0.2) is 0 Å². The van der Waals surface area contributed by atoms with E-state index in [9.17, 15) is 0 Å². The van der Waals surface area contributed by atoms with Crippen molar-refractivity contribution in [2.45, 2.75) is 66.0 Å². The third kappa shape index (κ3) is 6.11. The van der Waals surface area contributed by atoms with Crippen molar-refractivity contribution in [1.29, 1.82) is 0 Å². The first-order valence-corrected chi connectivity index (χ1v) is 5.04. The van der Waals surface area contributed by atoms with Crippen LogP contribution in [0.2, 0.25) is 5.31 Å². The van der Waals surface area contributed by atoms with Gasteiger partial charge in [-0.05, 0) is 33.0 Å². The Morgan fingerprint density at radius 2 is 1.15 bits per heavy atom. The second-order valence-electron chi connectivity index (χ2n) is 5.07. The molecular formula is C10H23BO2. The zero-order valence-corrected chi connectivity index (χ0v) is 10.0. The second-order valence-corrected chi connectivity index (χ2v) is 5.07. The molecule has 3 heteroatoms. The molecule has 0 spiro atoms. The quantitative estimate of drug-likeness (QED) is 0.628. The summed E-state index contributed by atoms with van der Waals surface area (Å²) in [4.78, 5) is 0. The van der Waals surface area contributed by atoms with E-state index in [-0.39, 0.29) is 24.6 Å². The van der Waals surface area contributed by atoms with E-state index in [4.69, 9.17) is 9.31 Å². The van der Waals surface area contributed by atoms with Gasteiger partial charge >= 0.3 is 7.12 Å². The van der Waals surface area contributed by atoms with Crippen molar-refractivity contribution in [3.63, 3.8) is 0 Å². The summed E-state index contributed by atoms with van der Waals surface area (Å²) in [5.74, 6) is 0. The fraction of sp³-hybridized carbons (Fsp3) is 1.00. The van der Waals surface area contributed by atoms with Crippen LogP contribution in [-0.2, 0) is 9.31 Å². The van der Waals surface area contributed by atoms with Crippen LogP contribution >= 0.6 is 0 Å². The molecule has 0 bridgehead atoms. The lowest BCUT2D eigenvalue weighted by molar-refractivity contribution is 0.115. The molecule has 0 aromatic heterocycles. The third-order valence-electron chi connectivity index (χ3n) is 1.50. The standard InChI is InChI=1S/C10H23BO2/c1-8(2)12-11(10(5,6)7)13-9(3)4/h8-9H,1-7H3. The Morgan fingerprint density at radius 3 is 1.31 bits per heavy atom. The molecule has 0 unspecified atom stereocenters. The molecule has 0 atom stereocenters. The Hall–Kier alpha value is -0.0151. The molecule has 0 saturated heterocycles. The van der Waals surface area contributed by atoms with Gasteiger partial charge in [-0.3, -0.25) is 0 Å². The average molecular weight is 186 g/mol. The van der Waals surface area contributed by atoms with E-state index in [1.165, 1.54) is 0 Å². The van der Waals surface area contributed by atoms with Gasteiger partial charge in [0, 0.05) is 12.2 Å². The van der Waals surface area contributed by atoms with Crippen molar-refractivity contribution in [1.82, 2.24) is 0 Å². The molecule has 0 aliphatic carbocycles. The molecule has 0 aliphatic heterocycles. The lowest BCUT2D eigenvalue weighted by atomic mass is 9.60. The second kappa shape index (κ2) is 5.01. The SMILES string of the molecule is CC(C)OB(OC(C)C)C(C)(C)C. The normalized spacial score (nSPS) is 12.7. The largest absolute Gasteiger partial charge is 0.463 e. The smallest absolute Gasteiger partial charge is 0.409 e. The Kier molecular flexibility index (Phi) is 5.01. The summed E-state index contributed by atoms with van der Waals surface area (Å²) in [7, 11) is -0.118. The van der Waals surface area contributed by atoms with Crippen molar-refractivity contribution < 1.29 is 9.31 Å². The van der Waals surface area contributed by atoms with Crippen molar-refractivity contribution in [3.05, 3.63) is 0 Å². The van der Waals surface area contributed by atoms with E-state index >= 15 is 0 Å². The molecule has 0 aliphatic rings. The lowest BCUT2D eigenvalue weighted by Crippen LogP contribution is -2.37. The van der Waals surface area contributed by atoms with Gasteiger partial charge in [0.25, 0.3) is 0 Å². The summed E-state index contributed by atoms with van der Waals surface area (Å²) in [6.07, 6.45) is 0.422. The molecule has 0 aromatic rings. The molecule has 0 radical (unpaired) electrons. The zero-order chi connectivity index (χ0) is 10.6. The Labute approximate surface area is 83.1 Å². The minimum Gasteiger partial charge on any atom is -0.409 e. The minimum atomic E-state index is -0.118. The van der Waals surface area contributed by atoms with Crippen LogP contribution in [0.1, 0.15) is 48.5 Å². The third-order valence-corrected chi connectivity index (χ3v) is 1.50. The van der Waals surface area contributed by atoms with Crippen LogP contribution in [0.3, 0.4) is 0 Å². The van der Waals surface area contributed by atoms with E-state index in [0.717, 1.165) is 0 Å². The summed E-state index contributed by atoms with van der Waals surface area (Å²) in [6.45, 7) is 14.5. The maximum absolute atomic E-state index is 5.70. The van der Waals surface area contributed by atoms with E-state index < -0.39 is 0 Å². The summed E-state index contributed by atoms with van der Waals surface area (Å²) >= 11 is 0. The highest BCUT2D eigenvalue weighted by Crippen LogP contribution is 2.29. The monoisotopic (exact) mass is 186 g/mol. The number of rotatable bonds is 4. The number of hydrogen-bond donors (Lipinski definition) is 0. The first kappa shape index (κ1) is 13.0. The molecule has 0 amide bonds. The van der Waals surface area contributed by atoms with Crippen molar-refractivity contribution in [3.8, 4) is 0 Å². The van der Waals surface area contributed by atoms with Crippen LogP contribution in [0, 0.1) is 0 Å². The molecule has 0 aromatic carbocycles. The fourth-order valence-corrected chi connectivity index (χ4v) is 0.935. The first-order chi connectivity index (χ1) is 5.73. The average Bonchev–Trinajstić information content (AvgIpc) is 1.81. The molecule has 0 heterocycles. The van der Waals surface area contributed by atoms with E-state index in [1.54, 1.807) is 0 Å². The van der Waals surface area contributed by atoms with Gasteiger partial charge in [0.2, 0.25) is 0 Å². The molecule has 2 nitrogen and oxygen atoms in total. The van der Waals surface area contributed by atoms with Crippen molar-refractivity contribution in [2.24, 2.45) is 0 Å². The van der Waals surface area contributed by atoms with Gasteiger partial charge in [0.05, 0.1) is 0 Å². The van der Waals surface area contributed by atoms with E-state index in [1.807, 2.05) is 27.7 Å². The number of hydrogen-bond acceptors (Lipinski definition) is 2. The van der Waals surface area contributed by atoms with E-state index in [0.29, 0.717) is 0 Å². The van der Waals surface area contributed by atoms with Crippen LogP contribution < -0.4 is 0 Å². The molecule has 0 saturated carbocycles. The van der Waals surface area contributed by atoms with Gasteiger partial charge in [-0.15, -0.1) is 0 Å². The van der Waals surface area contributed by atoms with E-state index in [2.05, 4.69) is 20.8 Å². The Balaban J connectivity index is 4.20. The van der Waals surface area contributed by atoms with Crippen LogP contribution in [0.25, 0.3) is 0 Å². The Bertz CT molecular complexity index is 128. The summed E-state index contributed by atoms with van der Waals surface area (Å²) < 4.78 is 11.4. The van der Waals surface area contributed by atoms with Crippen molar-refractivity contribution >= 4 is 7.12 Å². The molecular weight excluding hydrogens is 163 g/mol. The highest BCUT2D eigenvalue weighted by molar-refractivity contribution is 6.48. The Morgan fingerprint density at radius 1 is 0.846 bits per heavy atom. The molecule has 13 heavy (non-hydrogen) atoms. The minimum absolute atomic E-state index is 0.0362. The summed E-state index contributed by atoms with van der Waals surface area (Å²) in [6, 6.07) is 0. The van der Waals surface area contributed by atoms with Crippen LogP contribution in [0.5, 0.6) is 0 Å². The highest BCUT2D eigenvalue weighted by Gasteiger charge is 2.35. The van der Waals surface area contributed by atoms with Gasteiger partial charge in [0.1, 0.15) is 0 Å².